The molecule has 4 N–H and O–H groups in total. The summed E-state index contributed by atoms with van der Waals surface area (Å²) in [4.78, 5) is 49.0. The quantitative estimate of drug-likeness (QED) is 0.150. The van der Waals surface area contributed by atoms with Gasteiger partial charge < -0.3 is 34.6 Å². The van der Waals surface area contributed by atoms with Gasteiger partial charge in [0, 0.05) is 51.8 Å². The molecule has 11 nitrogen and oxygen atoms in total. The first kappa shape index (κ1) is 32.8. The number of carbonyl (C=O) groups is 3. The van der Waals surface area contributed by atoms with E-state index in [4.69, 9.17) is 18.9 Å². The molecule has 1 spiro atoms. The smallest absolute Gasteiger partial charge is 0.360 e. The molecular weight excluding hydrogens is 648 g/mol. The number of aromatic amines is 1. The Balaban J connectivity index is 1.38. The van der Waals surface area contributed by atoms with Gasteiger partial charge in [0.1, 0.15) is 23.3 Å². The molecule has 0 radical (unpaired) electrons. The molecule has 3 aliphatic heterocycles. The number of carbonyl (C=O) groups excluding carboxylic acids is 3. The highest BCUT2D eigenvalue weighted by atomic mass is 16.5. The molecule has 5 heterocycles. The second-order valence-corrected chi connectivity index (χ2v) is 14.5. The SMILES string of the molecule is COC(=O)c1nc2oc1C13c4cc(ccc4O[C@@H]1Nc1c(-c4cccc5[nH]ccc45)cccc13)CC(CC(=O)[C@@H](O)C(C)C)C(=O)N[C@H]2C(C)C. The normalized spacial score (nSPS) is 22.4. The second kappa shape index (κ2) is 12.1. The number of para-hydroxylation sites is 1. The first-order chi connectivity index (χ1) is 24.5. The molecule has 262 valence electrons. The Morgan fingerprint density at radius 2 is 1.80 bits per heavy atom. The van der Waals surface area contributed by atoms with Gasteiger partial charge in [-0.25, -0.2) is 9.78 Å². The van der Waals surface area contributed by atoms with E-state index in [-0.39, 0.29) is 47.9 Å². The standard InChI is InChI=1S/C40H40N4O7/c1-19(2)31-37-43-33(38(48)49-5)35(51-37)40-26-10-6-9-25(23-8-7-11-28-24(23)14-15-41-28)32(26)44-39(40)50-30-13-12-21(17-27(30)40)16-22(36(47)42-31)18-29(45)34(46)20(3)4/h6-15,17,19-20,22,31,34,39,41,44,46H,16,18H2,1-5H3,(H,42,47)/t22?,31-,34-,39-,40?/m0/s1. The zero-order valence-corrected chi connectivity index (χ0v) is 29.1. The maximum Gasteiger partial charge on any atom is 0.360 e. The lowest BCUT2D eigenvalue weighted by Crippen LogP contribution is -2.41. The molecule has 4 bridgehead atoms. The number of Topliss-reactive ketones (excluding diaryl/α,β-unsaturated/α-hetero) is 1. The Kier molecular flexibility index (Phi) is 7.79. The number of fused-ring (bicyclic) bond motifs is 5. The molecule has 0 saturated heterocycles. The first-order valence-corrected chi connectivity index (χ1v) is 17.4. The number of H-pyrrole nitrogens is 1. The lowest BCUT2D eigenvalue weighted by molar-refractivity contribution is -0.135. The number of ether oxygens (including phenoxy) is 2. The van der Waals surface area contributed by atoms with Crippen LogP contribution in [0.3, 0.4) is 0 Å². The van der Waals surface area contributed by atoms with Gasteiger partial charge in [0.25, 0.3) is 0 Å². The van der Waals surface area contributed by atoms with E-state index in [9.17, 15) is 19.5 Å². The molecule has 11 heteroatoms. The summed E-state index contributed by atoms with van der Waals surface area (Å²) in [7, 11) is 1.30. The molecule has 5 atom stereocenters. The van der Waals surface area contributed by atoms with Crippen molar-refractivity contribution in [3.8, 4) is 16.9 Å². The lowest BCUT2D eigenvalue weighted by Gasteiger charge is -2.28. The van der Waals surface area contributed by atoms with E-state index in [1.54, 1.807) is 13.8 Å². The predicted molar refractivity (Wildman–Crippen MR) is 189 cm³/mol. The number of aliphatic hydroxyl groups is 1. The Bertz CT molecular complexity index is 2220. The number of rotatable bonds is 7. The minimum atomic E-state index is -1.19. The summed E-state index contributed by atoms with van der Waals surface area (Å²) in [6.45, 7) is 7.38. The Labute approximate surface area is 294 Å². The van der Waals surface area contributed by atoms with Crippen molar-refractivity contribution in [2.75, 3.05) is 12.4 Å². The number of nitrogens with zero attached hydrogens (tertiary/aromatic N) is 1. The van der Waals surface area contributed by atoms with Gasteiger partial charge in [0.2, 0.25) is 11.8 Å². The maximum absolute atomic E-state index is 14.1. The van der Waals surface area contributed by atoms with Crippen LogP contribution in [0.5, 0.6) is 5.75 Å². The zero-order valence-electron chi connectivity index (χ0n) is 29.1. The number of anilines is 1. The van der Waals surface area contributed by atoms with Crippen LogP contribution in [0.1, 0.15) is 79.0 Å². The van der Waals surface area contributed by atoms with Gasteiger partial charge in [-0.3, -0.25) is 9.59 Å². The third kappa shape index (κ3) is 4.97. The highest BCUT2D eigenvalue weighted by Gasteiger charge is 2.61. The van der Waals surface area contributed by atoms with Crippen LogP contribution in [0, 0.1) is 17.8 Å². The van der Waals surface area contributed by atoms with Crippen LogP contribution < -0.4 is 15.4 Å². The number of amides is 1. The van der Waals surface area contributed by atoms with Crippen LogP contribution in [0.25, 0.3) is 22.0 Å². The van der Waals surface area contributed by atoms with Crippen molar-refractivity contribution in [2.45, 2.75) is 64.3 Å². The zero-order chi connectivity index (χ0) is 35.8. The maximum atomic E-state index is 14.1. The molecule has 51 heavy (non-hydrogen) atoms. The number of hydrogen-bond donors (Lipinski definition) is 4. The Morgan fingerprint density at radius 1 is 1.02 bits per heavy atom. The van der Waals surface area contributed by atoms with E-state index >= 15 is 0 Å². The fourth-order valence-electron chi connectivity index (χ4n) is 8.01. The van der Waals surface area contributed by atoms with E-state index in [0.717, 1.165) is 44.4 Å². The number of aliphatic hydroxyl groups excluding tert-OH is 1. The Hall–Kier alpha value is -5.42. The van der Waals surface area contributed by atoms with E-state index in [1.807, 2.05) is 68.6 Å². The summed E-state index contributed by atoms with van der Waals surface area (Å²) in [5, 5.41) is 18.4. The number of oxazole rings is 1. The molecule has 3 aliphatic rings. The number of hydrogen-bond acceptors (Lipinski definition) is 9. The summed E-state index contributed by atoms with van der Waals surface area (Å²) in [6.07, 6.45) is 0.0654. The van der Waals surface area contributed by atoms with Crippen LogP contribution >= 0.6 is 0 Å². The minimum absolute atomic E-state index is 0.0157. The van der Waals surface area contributed by atoms with Crippen LogP contribution in [-0.2, 0) is 26.2 Å². The first-order valence-electron chi connectivity index (χ1n) is 17.4. The molecule has 8 rings (SSSR count). The van der Waals surface area contributed by atoms with Crippen LogP contribution in [-0.4, -0.2) is 52.2 Å². The van der Waals surface area contributed by atoms with E-state index < -0.39 is 41.5 Å². The monoisotopic (exact) mass is 688 g/mol. The third-order valence-electron chi connectivity index (χ3n) is 10.6. The van der Waals surface area contributed by atoms with Gasteiger partial charge in [-0.05, 0) is 47.6 Å². The summed E-state index contributed by atoms with van der Waals surface area (Å²) >= 11 is 0. The predicted octanol–water partition coefficient (Wildman–Crippen LogP) is 6.05. The minimum Gasteiger partial charge on any atom is -0.469 e. The number of methoxy groups -OCH3 is 1. The molecule has 0 fully saturated rings. The molecule has 3 aromatic carbocycles. The van der Waals surface area contributed by atoms with E-state index in [2.05, 4.69) is 27.8 Å². The number of ketones is 1. The third-order valence-corrected chi connectivity index (χ3v) is 10.6. The highest BCUT2D eigenvalue weighted by molar-refractivity contribution is 6.00. The van der Waals surface area contributed by atoms with Crippen LogP contribution in [0.15, 0.2) is 71.3 Å². The Morgan fingerprint density at radius 3 is 2.57 bits per heavy atom. The van der Waals surface area contributed by atoms with E-state index in [0.29, 0.717) is 5.75 Å². The van der Waals surface area contributed by atoms with Gasteiger partial charge in [0.05, 0.1) is 7.11 Å². The summed E-state index contributed by atoms with van der Waals surface area (Å²) in [5.74, 6) is -1.79. The molecular formula is C40H40N4O7. The number of nitrogens with one attached hydrogen (secondary N) is 3. The van der Waals surface area contributed by atoms with Crippen molar-refractivity contribution >= 4 is 34.3 Å². The average molecular weight is 689 g/mol. The number of aromatic nitrogens is 2. The molecule has 2 unspecified atom stereocenters. The molecule has 1 amide bonds. The van der Waals surface area contributed by atoms with Crippen molar-refractivity contribution in [1.29, 1.82) is 0 Å². The van der Waals surface area contributed by atoms with Gasteiger partial charge in [-0.15, -0.1) is 0 Å². The molecule has 0 saturated carbocycles. The van der Waals surface area contributed by atoms with Gasteiger partial charge in [-0.2, -0.15) is 0 Å². The topological polar surface area (TPSA) is 156 Å². The van der Waals surface area contributed by atoms with Crippen molar-refractivity contribution in [2.24, 2.45) is 17.8 Å². The van der Waals surface area contributed by atoms with Crippen LogP contribution in [0.4, 0.5) is 5.69 Å². The lowest BCUT2D eigenvalue weighted by atomic mass is 9.72. The van der Waals surface area contributed by atoms with Crippen molar-refractivity contribution in [3.63, 3.8) is 0 Å². The van der Waals surface area contributed by atoms with Crippen molar-refractivity contribution < 1.29 is 33.4 Å². The summed E-state index contributed by atoms with van der Waals surface area (Å²) in [5.41, 5.74) is 4.93. The van der Waals surface area contributed by atoms with Crippen molar-refractivity contribution in [3.05, 3.63) is 101 Å². The van der Waals surface area contributed by atoms with Gasteiger partial charge in [-0.1, -0.05) is 70.2 Å². The number of esters is 1. The fourth-order valence-corrected chi connectivity index (χ4v) is 8.01. The van der Waals surface area contributed by atoms with Crippen LogP contribution in [0.2, 0.25) is 0 Å². The largest absolute Gasteiger partial charge is 0.469 e. The molecule has 2 aromatic heterocycles. The summed E-state index contributed by atoms with van der Waals surface area (Å²) in [6, 6.07) is 19.2. The molecule has 5 aromatic rings. The average Bonchev–Trinajstić information content (AvgIpc) is 3.90. The van der Waals surface area contributed by atoms with Crippen molar-refractivity contribution in [1.82, 2.24) is 15.3 Å². The van der Waals surface area contributed by atoms with Gasteiger partial charge >= 0.3 is 5.97 Å². The van der Waals surface area contributed by atoms with E-state index in [1.165, 1.54) is 7.11 Å². The fraction of sp³-hybridized carbons (Fsp3) is 0.350. The summed E-state index contributed by atoms with van der Waals surface area (Å²) < 4.78 is 18.8. The van der Waals surface area contributed by atoms with Gasteiger partial charge in [0.15, 0.2) is 23.5 Å². The molecule has 0 aliphatic carbocycles. The second-order valence-electron chi connectivity index (χ2n) is 14.5. The number of benzene rings is 3. The highest BCUT2D eigenvalue weighted by Crippen LogP contribution is 2.60.